The first-order valence-corrected chi connectivity index (χ1v) is 12.9. The Hall–Kier alpha value is -1.96. The van der Waals surface area contributed by atoms with Crippen LogP contribution in [0.3, 0.4) is 0 Å². The van der Waals surface area contributed by atoms with Crippen LogP contribution in [0.15, 0.2) is 36.5 Å². The molecule has 172 valence electrons. The van der Waals surface area contributed by atoms with Crippen molar-refractivity contribution < 1.29 is 9.59 Å². The molecule has 6 nitrogen and oxygen atoms in total. The quantitative estimate of drug-likeness (QED) is 0.534. The number of benzene rings is 1. The fourth-order valence-corrected chi connectivity index (χ4v) is 4.64. The minimum Gasteiger partial charge on any atom is -0.356 e. The number of nitrogens with one attached hydrogen (secondary N) is 2. The van der Waals surface area contributed by atoms with Crippen molar-refractivity contribution in [3.63, 3.8) is 0 Å². The first-order chi connectivity index (χ1) is 15.5. The van der Waals surface area contributed by atoms with E-state index in [-0.39, 0.29) is 16.5 Å². The van der Waals surface area contributed by atoms with E-state index in [1.165, 1.54) is 12.5 Å². The molecule has 0 bridgehead atoms. The van der Waals surface area contributed by atoms with Gasteiger partial charge in [-0.2, -0.15) is 11.8 Å². The molecule has 32 heavy (non-hydrogen) atoms. The topological polar surface area (TPSA) is 74.3 Å². The van der Waals surface area contributed by atoms with Crippen molar-refractivity contribution in [2.45, 2.75) is 38.3 Å². The number of nitrogens with zero attached hydrogens (tertiary/aromatic N) is 2. The van der Waals surface area contributed by atoms with E-state index in [1.54, 1.807) is 30.1 Å². The monoisotopic (exact) mass is 494 g/mol. The molecule has 1 aromatic heterocycles. The van der Waals surface area contributed by atoms with Crippen LogP contribution in [0.1, 0.15) is 41.6 Å². The van der Waals surface area contributed by atoms with Gasteiger partial charge in [0.2, 0.25) is 5.91 Å². The summed E-state index contributed by atoms with van der Waals surface area (Å²) in [6, 6.07) is 7.87. The molecule has 1 unspecified atom stereocenters. The summed E-state index contributed by atoms with van der Waals surface area (Å²) in [4.78, 5) is 32.6. The molecule has 0 aliphatic carbocycles. The molecule has 1 aliphatic rings. The number of anilines is 1. The summed E-state index contributed by atoms with van der Waals surface area (Å²) in [7, 11) is 0. The fraction of sp³-hybridized carbons (Fsp3) is 0.435. The molecule has 1 aromatic carbocycles. The molecule has 9 heteroatoms. The molecule has 1 saturated heterocycles. The van der Waals surface area contributed by atoms with Crippen LogP contribution < -0.4 is 15.5 Å². The lowest BCUT2D eigenvalue weighted by molar-refractivity contribution is -0.123. The molecular formula is C23H28Cl2N4O2S. The zero-order valence-corrected chi connectivity index (χ0v) is 20.4. The van der Waals surface area contributed by atoms with Gasteiger partial charge in [0.05, 0.1) is 10.6 Å². The minimum absolute atomic E-state index is 0.231. The second-order valence-electron chi connectivity index (χ2n) is 7.68. The van der Waals surface area contributed by atoms with E-state index in [9.17, 15) is 9.59 Å². The van der Waals surface area contributed by atoms with Gasteiger partial charge in [0, 0.05) is 36.4 Å². The highest BCUT2D eigenvalue weighted by Crippen LogP contribution is 2.22. The van der Waals surface area contributed by atoms with Gasteiger partial charge in [-0.25, -0.2) is 4.98 Å². The van der Waals surface area contributed by atoms with E-state index < -0.39 is 11.9 Å². The van der Waals surface area contributed by atoms with Gasteiger partial charge in [0.25, 0.3) is 5.91 Å². The van der Waals surface area contributed by atoms with Gasteiger partial charge in [0.15, 0.2) is 0 Å². The number of pyridine rings is 1. The van der Waals surface area contributed by atoms with E-state index in [0.29, 0.717) is 18.0 Å². The first-order valence-electron chi connectivity index (χ1n) is 10.7. The molecule has 0 saturated carbocycles. The van der Waals surface area contributed by atoms with E-state index in [4.69, 9.17) is 23.2 Å². The summed E-state index contributed by atoms with van der Waals surface area (Å²) >= 11 is 13.7. The van der Waals surface area contributed by atoms with Crippen LogP contribution in [0.25, 0.3) is 0 Å². The van der Waals surface area contributed by atoms with Crippen molar-refractivity contribution in [3.05, 3.63) is 57.7 Å². The highest BCUT2D eigenvalue weighted by molar-refractivity contribution is 7.98. The maximum atomic E-state index is 13.0. The van der Waals surface area contributed by atoms with E-state index in [2.05, 4.69) is 20.5 Å². The van der Waals surface area contributed by atoms with Crippen LogP contribution in [0, 0.1) is 0 Å². The van der Waals surface area contributed by atoms with Crippen LogP contribution in [0.5, 0.6) is 0 Å². The number of thioether (sulfide) groups is 1. The molecule has 2 amide bonds. The third-order valence-electron chi connectivity index (χ3n) is 5.38. The van der Waals surface area contributed by atoms with Crippen molar-refractivity contribution in [3.8, 4) is 0 Å². The molecule has 2 aromatic rings. The minimum atomic E-state index is -0.670. The van der Waals surface area contributed by atoms with Crippen LogP contribution >= 0.6 is 35.0 Å². The van der Waals surface area contributed by atoms with Crippen LogP contribution in [0.4, 0.5) is 5.82 Å². The molecule has 0 radical (unpaired) electrons. The average Bonchev–Trinajstić information content (AvgIpc) is 2.80. The number of aromatic nitrogens is 1. The summed E-state index contributed by atoms with van der Waals surface area (Å²) < 4.78 is 0. The number of piperidine rings is 1. The number of carbonyl (C=O) groups excluding carboxylic acids is 2. The predicted octanol–water partition coefficient (Wildman–Crippen LogP) is 4.55. The Kier molecular flexibility index (Phi) is 9.51. The van der Waals surface area contributed by atoms with E-state index in [1.807, 2.05) is 18.4 Å². The second-order valence-corrected chi connectivity index (χ2v) is 9.51. The maximum absolute atomic E-state index is 13.0. The summed E-state index contributed by atoms with van der Waals surface area (Å²) in [5.41, 5.74) is 1.26. The number of carbonyl (C=O) groups is 2. The van der Waals surface area contributed by atoms with Crippen molar-refractivity contribution in [1.29, 1.82) is 0 Å². The van der Waals surface area contributed by atoms with Gasteiger partial charge < -0.3 is 15.5 Å². The van der Waals surface area contributed by atoms with Crippen molar-refractivity contribution in [2.75, 3.05) is 30.0 Å². The summed E-state index contributed by atoms with van der Waals surface area (Å²) in [6.07, 6.45) is 7.80. The molecule has 3 rings (SSSR count). The Morgan fingerprint density at radius 2 is 1.97 bits per heavy atom. The number of halogens is 2. The number of rotatable bonds is 9. The van der Waals surface area contributed by atoms with E-state index >= 15 is 0 Å². The lowest BCUT2D eigenvalue weighted by atomic mass is 10.1. The van der Waals surface area contributed by atoms with Gasteiger partial charge in [-0.3, -0.25) is 9.59 Å². The van der Waals surface area contributed by atoms with Crippen molar-refractivity contribution >= 4 is 52.6 Å². The van der Waals surface area contributed by atoms with Gasteiger partial charge in [-0.15, -0.1) is 0 Å². The zero-order chi connectivity index (χ0) is 22.9. The number of amides is 2. The molecule has 2 N–H and O–H groups in total. The zero-order valence-electron chi connectivity index (χ0n) is 18.1. The number of hydrogen-bond acceptors (Lipinski definition) is 5. The summed E-state index contributed by atoms with van der Waals surface area (Å²) in [5, 5.41) is 6.51. The molecule has 1 aliphatic heterocycles. The predicted molar refractivity (Wildman–Crippen MR) is 133 cm³/mol. The fourth-order valence-electron chi connectivity index (χ4n) is 3.68. The summed E-state index contributed by atoms with van der Waals surface area (Å²) in [6.45, 7) is 2.31. The van der Waals surface area contributed by atoms with Gasteiger partial charge in [0.1, 0.15) is 11.9 Å². The highest BCUT2D eigenvalue weighted by atomic mass is 35.5. The lowest BCUT2D eigenvalue weighted by Gasteiger charge is -2.29. The largest absolute Gasteiger partial charge is 0.356 e. The first kappa shape index (κ1) is 24.7. The Morgan fingerprint density at radius 1 is 1.19 bits per heavy atom. The maximum Gasteiger partial charge on any atom is 0.253 e. The Bertz CT molecular complexity index is 938. The third kappa shape index (κ3) is 6.77. The number of hydrogen-bond donors (Lipinski definition) is 2. The average molecular weight is 495 g/mol. The van der Waals surface area contributed by atoms with Crippen LogP contribution in [0.2, 0.25) is 10.0 Å². The van der Waals surface area contributed by atoms with E-state index in [0.717, 1.165) is 43.1 Å². The summed E-state index contributed by atoms with van der Waals surface area (Å²) in [5.74, 6) is 1.03. The molecule has 1 atom stereocenters. The highest BCUT2D eigenvalue weighted by Gasteiger charge is 2.23. The lowest BCUT2D eigenvalue weighted by Crippen LogP contribution is -2.47. The third-order valence-corrected chi connectivity index (χ3v) is 6.58. The molecule has 2 heterocycles. The normalized spacial score (nSPS) is 14.7. The van der Waals surface area contributed by atoms with Crippen molar-refractivity contribution in [2.24, 2.45) is 0 Å². The Balaban J connectivity index is 1.67. The molecular weight excluding hydrogens is 467 g/mol. The van der Waals surface area contributed by atoms with Crippen molar-refractivity contribution in [1.82, 2.24) is 15.6 Å². The van der Waals surface area contributed by atoms with Crippen LogP contribution in [-0.2, 0) is 11.3 Å². The standard InChI is InChI=1S/C23H28Cl2N4O2S/c1-32-13-9-20(28-22(30)18-8-7-17(24)14-19(18)25)23(31)27-15-16-6-5-10-26-21(16)29-11-3-2-4-12-29/h5-8,10,14,20H,2-4,9,11-13,15H2,1H3,(H,27,31)(H,28,30). The van der Waals surface area contributed by atoms with Gasteiger partial charge in [-0.1, -0.05) is 29.3 Å². The second kappa shape index (κ2) is 12.3. The van der Waals surface area contributed by atoms with Gasteiger partial charge >= 0.3 is 0 Å². The van der Waals surface area contributed by atoms with Gasteiger partial charge in [-0.05, 0) is 62.0 Å². The molecule has 0 spiro atoms. The van der Waals surface area contributed by atoms with Crippen LogP contribution in [-0.4, -0.2) is 47.9 Å². The molecule has 1 fully saturated rings. The SMILES string of the molecule is CSCCC(NC(=O)c1ccc(Cl)cc1Cl)C(=O)NCc1cccnc1N1CCCCC1. The Labute approximate surface area is 203 Å². The smallest absolute Gasteiger partial charge is 0.253 e. The Morgan fingerprint density at radius 3 is 2.69 bits per heavy atom.